The number of nitrogens with zero attached hydrogens (tertiary/aromatic N) is 4. The fourth-order valence-electron chi connectivity index (χ4n) is 3.74. The third kappa shape index (κ3) is 3.65. The van der Waals surface area contributed by atoms with Gasteiger partial charge in [0.2, 0.25) is 0 Å². The first-order chi connectivity index (χ1) is 14.8. The Morgan fingerprint density at radius 1 is 1.06 bits per heavy atom. The highest BCUT2D eigenvalue weighted by atomic mass is 35.5. The van der Waals surface area contributed by atoms with E-state index in [0.29, 0.717) is 37.9 Å². The van der Waals surface area contributed by atoms with Crippen molar-refractivity contribution in [2.45, 2.75) is 20.8 Å². The van der Waals surface area contributed by atoms with Crippen LogP contribution in [0, 0.1) is 32.1 Å². The molecule has 0 atom stereocenters. The molecule has 0 unspecified atom stereocenters. The van der Waals surface area contributed by atoms with Crippen molar-refractivity contribution in [2.75, 3.05) is 0 Å². The lowest BCUT2D eigenvalue weighted by molar-refractivity contribution is 0.573. The Bertz CT molecular complexity index is 1470. The average Bonchev–Trinajstić information content (AvgIpc) is 3.00. The highest BCUT2D eigenvalue weighted by Crippen LogP contribution is 2.29. The van der Waals surface area contributed by atoms with E-state index in [1.165, 1.54) is 0 Å². The molecule has 2 aromatic heterocycles. The molecule has 154 valence electrons. The van der Waals surface area contributed by atoms with E-state index in [2.05, 4.69) is 11.1 Å². The molecule has 31 heavy (non-hydrogen) atoms. The van der Waals surface area contributed by atoms with Crippen LogP contribution in [-0.4, -0.2) is 14.3 Å². The van der Waals surface area contributed by atoms with E-state index in [0.717, 1.165) is 17.0 Å². The zero-order chi connectivity index (χ0) is 22.3. The highest BCUT2D eigenvalue weighted by Gasteiger charge is 2.16. The second-order valence-electron chi connectivity index (χ2n) is 7.23. The smallest absolute Gasteiger partial charge is 0.267 e. The van der Waals surface area contributed by atoms with Gasteiger partial charge in [-0.2, -0.15) is 9.94 Å². The van der Waals surface area contributed by atoms with E-state index in [4.69, 9.17) is 23.2 Å². The van der Waals surface area contributed by atoms with E-state index in [1.807, 2.05) is 42.8 Å². The first kappa shape index (κ1) is 20.9. The molecule has 0 saturated carbocycles. The first-order valence-corrected chi connectivity index (χ1v) is 10.3. The van der Waals surface area contributed by atoms with Crippen LogP contribution in [0.3, 0.4) is 0 Å². The van der Waals surface area contributed by atoms with E-state index in [9.17, 15) is 10.1 Å². The molecule has 0 N–H and O–H groups in total. The van der Waals surface area contributed by atoms with Gasteiger partial charge in [0, 0.05) is 22.0 Å². The summed E-state index contributed by atoms with van der Waals surface area (Å²) in [5.74, 6) is 0.572. The lowest BCUT2D eigenvalue weighted by atomic mass is 10.0. The van der Waals surface area contributed by atoms with Crippen molar-refractivity contribution >= 4 is 45.8 Å². The summed E-state index contributed by atoms with van der Waals surface area (Å²) in [7, 11) is 0. The van der Waals surface area contributed by atoms with Gasteiger partial charge in [-0.3, -0.25) is 9.47 Å². The number of allylic oxidation sites excluding steroid dienone is 1. The zero-order valence-corrected chi connectivity index (χ0v) is 18.7. The predicted molar refractivity (Wildman–Crippen MR) is 125 cm³/mol. The minimum atomic E-state index is -0.151. The summed E-state index contributed by atoms with van der Waals surface area (Å²) in [4.78, 5) is 17.8. The standard InChI is InChI=1S/C24H18Cl2N4O/c1-14-10-17(11-18(13-27)20-9-8-19(25)12-22(20)26)15(2)29(14)30-16(3)28-23-7-5-4-6-21(23)24(30)31/h4-12H,1-3H3. The summed E-state index contributed by atoms with van der Waals surface area (Å²) < 4.78 is 3.38. The largest absolute Gasteiger partial charge is 0.280 e. The fraction of sp³-hybridized carbons (Fsp3) is 0.125. The first-order valence-electron chi connectivity index (χ1n) is 9.57. The van der Waals surface area contributed by atoms with Crippen molar-refractivity contribution in [3.63, 3.8) is 0 Å². The van der Waals surface area contributed by atoms with Gasteiger partial charge in [-0.1, -0.05) is 41.4 Å². The van der Waals surface area contributed by atoms with Crippen LogP contribution in [0.25, 0.3) is 22.6 Å². The molecular formula is C24H18Cl2N4O. The number of aryl methyl sites for hydroxylation is 2. The molecule has 0 saturated heterocycles. The van der Waals surface area contributed by atoms with Crippen molar-refractivity contribution < 1.29 is 0 Å². The van der Waals surface area contributed by atoms with Crippen molar-refractivity contribution in [3.05, 3.63) is 97.3 Å². The molecule has 0 aliphatic rings. The summed E-state index contributed by atoms with van der Waals surface area (Å²) in [6.45, 7) is 5.61. The molecule has 0 amide bonds. The number of rotatable bonds is 3. The van der Waals surface area contributed by atoms with Crippen LogP contribution in [0.15, 0.2) is 53.3 Å². The van der Waals surface area contributed by atoms with Gasteiger partial charge in [-0.05, 0) is 62.7 Å². The number of hydrogen-bond acceptors (Lipinski definition) is 3. The average molecular weight is 449 g/mol. The molecule has 0 bridgehead atoms. The highest BCUT2D eigenvalue weighted by molar-refractivity contribution is 6.36. The SMILES string of the molecule is Cc1cc(C=C(C#N)c2ccc(Cl)cc2Cl)c(C)n1-n1c(C)nc2ccccc2c1=O. The van der Waals surface area contributed by atoms with Gasteiger partial charge in [0.15, 0.2) is 0 Å². The van der Waals surface area contributed by atoms with Crippen molar-refractivity contribution in [3.8, 4) is 6.07 Å². The van der Waals surface area contributed by atoms with Crippen LogP contribution in [0.2, 0.25) is 10.0 Å². The second kappa shape index (κ2) is 8.07. The molecule has 7 heteroatoms. The summed E-state index contributed by atoms with van der Waals surface area (Å²) in [5, 5.41) is 11.2. The molecule has 5 nitrogen and oxygen atoms in total. The van der Waals surface area contributed by atoms with Gasteiger partial charge in [0.1, 0.15) is 5.82 Å². The molecule has 2 heterocycles. The van der Waals surface area contributed by atoms with Gasteiger partial charge in [-0.25, -0.2) is 4.98 Å². The number of fused-ring (bicyclic) bond motifs is 1. The molecule has 0 fully saturated rings. The van der Waals surface area contributed by atoms with Crippen molar-refractivity contribution in [1.82, 2.24) is 14.3 Å². The van der Waals surface area contributed by atoms with Crippen LogP contribution in [0.1, 0.15) is 28.3 Å². The molecule has 0 radical (unpaired) electrons. The topological polar surface area (TPSA) is 63.6 Å². The number of nitriles is 1. The number of para-hydroxylation sites is 1. The van der Waals surface area contributed by atoms with Gasteiger partial charge >= 0.3 is 0 Å². The fourth-order valence-corrected chi connectivity index (χ4v) is 4.25. The van der Waals surface area contributed by atoms with Crippen LogP contribution >= 0.6 is 23.2 Å². The number of halogens is 2. The molecular weight excluding hydrogens is 431 g/mol. The van der Waals surface area contributed by atoms with E-state index < -0.39 is 0 Å². The Morgan fingerprint density at radius 3 is 2.52 bits per heavy atom. The molecule has 4 aromatic rings. The van der Waals surface area contributed by atoms with Crippen LogP contribution < -0.4 is 5.56 Å². The Morgan fingerprint density at radius 2 is 1.81 bits per heavy atom. The van der Waals surface area contributed by atoms with Crippen molar-refractivity contribution in [1.29, 1.82) is 5.26 Å². The number of benzene rings is 2. The van der Waals surface area contributed by atoms with E-state index in [-0.39, 0.29) is 5.56 Å². The van der Waals surface area contributed by atoms with E-state index >= 15 is 0 Å². The minimum Gasteiger partial charge on any atom is -0.267 e. The number of aromatic nitrogens is 3. The Balaban J connectivity index is 1.91. The maximum atomic E-state index is 13.2. The lowest BCUT2D eigenvalue weighted by Crippen LogP contribution is -2.30. The Hall–Kier alpha value is -3.33. The van der Waals surface area contributed by atoms with Gasteiger partial charge in [0.25, 0.3) is 5.56 Å². The molecule has 0 aliphatic carbocycles. The van der Waals surface area contributed by atoms with Crippen molar-refractivity contribution in [2.24, 2.45) is 0 Å². The lowest BCUT2D eigenvalue weighted by Gasteiger charge is -2.16. The van der Waals surface area contributed by atoms with Gasteiger partial charge in [-0.15, -0.1) is 0 Å². The minimum absolute atomic E-state index is 0.151. The van der Waals surface area contributed by atoms with Gasteiger partial charge in [0.05, 0.1) is 27.6 Å². The zero-order valence-electron chi connectivity index (χ0n) is 17.1. The maximum absolute atomic E-state index is 13.2. The summed E-state index contributed by atoms with van der Waals surface area (Å²) in [5.41, 5.74) is 3.96. The molecule has 0 spiro atoms. The van der Waals surface area contributed by atoms with Crippen LogP contribution in [0.5, 0.6) is 0 Å². The van der Waals surface area contributed by atoms with Gasteiger partial charge < -0.3 is 0 Å². The molecule has 0 aliphatic heterocycles. The summed E-state index contributed by atoms with van der Waals surface area (Å²) in [6, 6.07) is 16.4. The monoisotopic (exact) mass is 448 g/mol. The third-order valence-electron chi connectivity index (χ3n) is 5.19. The van der Waals surface area contributed by atoms with Crippen LogP contribution in [0.4, 0.5) is 0 Å². The summed E-state index contributed by atoms with van der Waals surface area (Å²) >= 11 is 12.3. The van der Waals surface area contributed by atoms with E-state index in [1.54, 1.807) is 41.9 Å². The van der Waals surface area contributed by atoms with Crippen LogP contribution in [-0.2, 0) is 0 Å². The second-order valence-corrected chi connectivity index (χ2v) is 8.07. The third-order valence-corrected chi connectivity index (χ3v) is 5.74. The number of hydrogen-bond donors (Lipinski definition) is 0. The summed E-state index contributed by atoms with van der Waals surface area (Å²) in [6.07, 6.45) is 1.77. The quantitative estimate of drug-likeness (QED) is 0.371. The molecule has 2 aromatic carbocycles. The predicted octanol–water partition coefficient (Wildman–Crippen LogP) is 5.81. The normalized spacial score (nSPS) is 11.7. The molecule has 4 rings (SSSR count). The Kier molecular flexibility index (Phi) is 5.45. The Labute approximate surface area is 189 Å². The maximum Gasteiger partial charge on any atom is 0.280 e.